The van der Waals surface area contributed by atoms with Gasteiger partial charge in [-0.25, -0.2) is 8.91 Å². The fraction of sp³-hybridized carbons (Fsp3) is 0.125. The fourth-order valence-electron chi connectivity index (χ4n) is 2.00. The standard InChI is InChI=1S/C16H14FN3O2/c17-12-4-6-15(7-5-12)22-11-16(21)18-10-13-9-14-3-1-2-8-20(14)19-13/h1-9H,10-11H2,(H,18,21). The first-order valence-corrected chi connectivity index (χ1v) is 6.79. The third-order valence-electron chi connectivity index (χ3n) is 3.07. The molecule has 112 valence electrons. The molecule has 6 heteroatoms. The van der Waals surface area contributed by atoms with Crippen LogP contribution in [-0.2, 0) is 11.3 Å². The highest BCUT2D eigenvalue weighted by atomic mass is 19.1. The minimum atomic E-state index is -0.344. The molecule has 0 atom stereocenters. The third-order valence-corrected chi connectivity index (χ3v) is 3.07. The molecule has 0 saturated heterocycles. The number of pyridine rings is 1. The monoisotopic (exact) mass is 299 g/mol. The number of carbonyl (C=O) groups excluding carboxylic acids is 1. The molecular formula is C16H14FN3O2. The number of amides is 1. The Bertz CT molecular complexity index is 750. The van der Waals surface area contributed by atoms with E-state index in [1.165, 1.54) is 24.3 Å². The van der Waals surface area contributed by atoms with Gasteiger partial charge in [0.05, 0.1) is 17.8 Å². The van der Waals surface area contributed by atoms with Crippen molar-refractivity contribution in [2.45, 2.75) is 6.54 Å². The van der Waals surface area contributed by atoms with Crippen molar-refractivity contribution in [3.05, 3.63) is 66.2 Å². The van der Waals surface area contributed by atoms with Crippen molar-refractivity contribution in [1.82, 2.24) is 14.9 Å². The second-order valence-electron chi connectivity index (χ2n) is 4.73. The summed E-state index contributed by atoms with van der Waals surface area (Å²) in [5, 5.41) is 7.06. The van der Waals surface area contributed by atoms with E-state index in [4.69, 9.17) is 4.74 Å². The number of halogens is 1. The molecule has 0 fully saturated rings. The fourth-order valence-corrected chi connectivity index (χ4v) is 2.00. The molecule has 1 aromatic carbocycles. The van der Waals surface area contributed by atoms with Crippen LogP contribution in [0.5, 0.6) is 5.75 Å². The summed E-state index contributed by atoms with van der Waals surface area (Å²) in [6, 6.07) is 13.2. The summed E-state index contributed by atoms with van der Waals surface area (Å²) in [4.78, 5) is 11.7. The Morgan fingerprint density at radius 1 is 1.23 bits per heavy atom. The molecule has 0 bridgehead atoms. The summed E-state index contributed by atoms with van der Waals surface area (Å²) >= 11 is 0. The number of rotatable bonds is 5. The first-order chi connectivity index (χ1) is 10.7. The summed E-state index contributed by atoms with van der Waals surface area (Å²) < 4.78 is 19.8. The average molecular weight is 299 g/mol. The highest BCUT2D eigenvalue weighted by molar-refractivity contribution is 5.77. The van der Waals surface area contributed by atoms with Crippen LogP contribution in [0.15, 0.2) is 54.7 Å². The van der Waals surface area contributed by atoms with E-state index >= 15 is 0 Å². The molecule has 0 aliphatic heterocycles. The first-order valence-electron chi connectivity index (χ1n) is 6.79. The maximum atomic E-state index is 12.7. The number of carbonyl (C=O) groups is 1. The second-order valence-corrected chi connectivity index (χ2v) is 4.73. The Balaban J connectivity index is 1.50. The van der Waals surface area contributed by atoms with Gasteiger partial charge in [0.25, 0.3) is 5.91 Å². The Labute approximate surface area is 126 Å². The molecule has 5 nitrogen and oxygen atoms in total. The molecule has 22 heavy (non-hydrogen) atoms. The molecule has 0 saturated carbocycles. The zero-order chi connectivity index (χ0) is 15.4. The zero-order valence-corrected chi connectivity index (χ0v) is 11.7. The lowest BCUT2D eigenvalue weighted by Crippen LogP contribution is -2.28. The van der Waals surface area contributed by atoms with Crippen LogP contribution in [-0.4, -0.2) is 22.1 Å². The largest absolute Gasteiger partial charge is 0.484 e. The van der Waals surface area contributed by atoms with E-state index in [1.807, 2.05) is 30.5 Å². The Morgan fingerprint density at radius 3 is 2.82 bits per heavy atom. The SMILES string of the molecule is O=C(COc1ccc(F)cc1)NCc1cc2ccccn2n1. The number of ether oxygens (including phenoxy) is 1. The number of nitrogens with zero attached hydrogens (tertiary/aromatic N) is 2. The van der Waals surface area contributed by atoms with Crippen LogP contribution in [0.2, 0.25) is 0 Å². The Kier molecular flexibility index (Phi) is 4.00. The summed E-state index contributed by atoms with van der Waals surface area (Å²) in [6.45, 7) is 0.201. The molecule has 3 rings (SSSR count). The van der Waals surface area contributed by atoms with E-state index in [-0.39, 0.29) is 18.3 Å². The zero-order valence-electron chi connectivity index (χ0n) is 11.7. The number of nitrogens with one attached hydrogen (secondary N) is 1. The summed E-state index contributed by atoms with van der Waals surface area (Å²) in [7, 11) is 0. The van der Waals surface area contributed by atoms with E-state index in [9.17, 15) is 9.18 Å². The van der Waals surface area contributed by atoms with Crippen LogP contribution in [0, 0.1) is 5.82 Å². The van der Waals surface area contributed by atoms with Crippen LogP contribution < -0.4 is 10.1 Å². The van der Waals surface area contributed by atoms with Crippen LogP contribution in [0.1, 0.15) is 5.69 Å². The smallest absolute Gasteiger partial charge is 0.258 e. The minimum Gasteiger partial charge on any atom is -0.484 e. The second kappa shape index (κ2) is 6.26. The number of hydrogen-bond donors (Lipinski definition) is 1. The van der Waals surface area contributed by atoms with Crippen LogP contribution in [0.25, 0.3) is 5.52 Å². The number of fused-ring (bicyclic) bond motifs is 1. The van der Waals surface area contributed by atoms with Crippen molar-refractivity contribution >= 4 is 11.4 Å². The normalized spacial score (nSPS) is 10.6. The quantitative estimate of drug-likeness (QED) is 0.785. The topological polar surface area (TPSA) is 55.6 Å². The van der Waals surface area contributed by atoms with Gasteiger partial charge in [0.2, 0.25) is 0 Å². The van der Waals surface area contributed by atoms with E-state index in [2.05, 4.69) is 10.4 Å². The van der Waals surface area contributed by atoms with Crippen molar-refractivity contribution in [1.29, 1.82) is 0 Å². The molecule has 0 spiro atoms. The molecule has 2 aromatic heterocycles. The van der Waals surface area contributed by atoms with Crippen molar-refractivity contribution in [2.24, 2.45) is 0 Å². The molecule has 1 amide bonds. The van der Waals surface area contributed by atoms with E-state index < -0.39 is 0 Å². The third kappa shape index (κ3) is 3.41. The highest BCUT2D eigenvalue weighted by Gasteiger charge is 2.05. The molecular weight excluding hydrogens is 285 g/mol. The van der Waals surface area contributed by atoms with Gasteiger partial charge < -0.3 is 10.1 Å². The molecule has 0 unspecified atom stereocenters. The van der Waals surface area contributed by atoms with Crippen molar-refractivity contribution in [2.75, 3.05) is 6.61 Å². The van der Waals surface area contributed by atoms with E-state index in [0.717, 1.165) is 11.2 Å². The van der Waals surface area contributed by atoms with Gasteiger partial charge in [-0.1, -0.05) is 6.07 Å². The molecule has 2 heterocycles. The predicted octanol–water partition coefficient (Wildman–Crippen LogP) is 2.17. The number of hydrogen-bond acceptors (Lipinski definition) is 3. The molecule has 0 aliphatic carbocycles. The number of benzene rings is 1. The van der Waals surface area contributed by atoms with Gasteiger partial charge in [0.1, 0.15) is 11.6 Å². The first kappa shape index (κ1) is 14.1. The average Bonchev–Trinajstić information content (AvgIpc) is 2.95. The molecule has 1 N–H and O–H groups in total. The van der Waals surface area contributed by atoms with E-state index in [1.54, 1.807) is 4.52 Å². The molecule has 0 aliphatic rings. The van der Waals surface area contributed by atoms with Gasteiger partial charge in [-0.2, -0.15) is 5.10 Å². The predicted molar refractivity (Wildman–Crippen MR) is 78.9 cm³/mol. The summed E-state index contributed by atoms with van der Waals surface area (Å²) in [6.07, 6.45) is 1.85. The summed E-state index contributed by atoms with van der Waals surface area (Å²) in [5.41, 5.74) is 1.73. The molecule has 3 aromatic rings. The minimum absolute atomic E-state index is 0.126. The maximum Gasteiger partial charge on any atom is 0.258 e. The van der Waals surface area contributed by atoms with Gasteiger partial charge in [-0.3, -0.25) is 4.79 Å². The van der Waals surface area contributed by atoms with Gasteiger partial charge in [0.15, 0.2) is 6.61 Å². The van der Waals surface area contributed by atoms with Gasteiger partial charge in [0, 0.05) is 6.20 Å². The van der Waals surface area contributed by atoms with Crippen molar-refractivity contribution < 1.29 is 13.9 Å². The lowest BCUT2D eigenvalue weighted by molar-refractivity contribution is -0.123. The maximum absolute atomic E-state index is 12.7. The summed E-state index contributed by atoms with van der Waals surface area (Å²) in [5.74, 6) is -0.158. The lowest BCUT2D eigenvalue weighted by Gasteiger charge is -2.06. The van der Waals surface area contributed by atoms with Gasteiger partial charge >= 0.3 is 0 Å². The highest BCUT2D eigenvalue weighted by Crippen LogP contribution is 2.10. The van der Waals surface area contributed by atoms with Crippen molar-refractivity contribution in [3.8, 4) is 5.75 Å². The Morgan fingerprint density at radius 2 is 2.05 bits per heavy atom. The van der Waals surface area contributed by atoms with Crippen LogP contribution >= 0.6 is 0 Å². The number of aromatic nitrogens is 2. The van der Waals surface area contributed by atoms with Gasteiger partial charge in [-0.15, -0.1) is 0 Å². The van der Waals surface area contributed by atoms with Crippen LogP contribution in [0.3, 0.4) is 0 Å². The van der Waals surface area contributed by atoms with Gasteiger partial charge in [-0.05, 0) is 42.5 Å². The van der Waals surface area contributed by atoms with Crippen LogP contribution in [0.4, 0.5) is 4.39 Å². The lowest BCUT2D eigenvalue weighted by atomic mass is 10.3. The van der Waals surface area contributed by atoms with Crippen molar-refractivity contribution in [3.63, 3.8) is 0 Å². The molecule has 0 radical (unpaired) electrons. The van der Waals surface area contributed by atoms with E-state index in [0.29, 0.717) is 12.3 Å². The Hall–Kier alpha value is -2.89.